The van der Waals surface area contributed by atoms with Gasteiger partial charge in [0, 0.05) is 18.5 Å². The molecule has 1 aliphatic rings. The van der Waals surface area contributed by atoms with Crippen LogP contribution in [0.1, 0.15) is 34.1 Å². The van der Waals surface area contributed by atoms with Crippen molar-refractivity contribution in [2.24, 2.45) is 0 Å². The van der Waals surface area contributed by atoms with Gasteiger partial charge in [0.1, 0.15) is 0 Å². The molecule has 1 aliphatic heterocycles. The van der Waals surface area contributed by atoms with E-state index in [-0.39, 0.29) is 27.4 Å². The lowest BCUT2D eigenvalue weighted by molar-refractivity contribution is 0.0738. The topological polar surface area (TPSA) is 57.7 Å². The maximum atomic E-state index is 13.3. The predicted octanol–water partition coefficient (Wildman–Crippen LogP) is 5.20. The van der Waals surface area contributed by atoms with E-state index in [1.54, 1.807) is 40.5 Å². The highest BCUT2D eigenvalue weighted by atomic mass is 35.5. The fourth-order valence-electron chi connectivity index (χ4n) is 3.70. The Balaban J connectivity index is 1.67. The minimum atomic E-state index is -3.84. The normalized spacial score (nSPS) is 16.6. The van der Waals surface area contributed by atoms with Crippen LogP contribution in [0.25, 0.3) is 0 Å². The molecule has 8 heteroatoms. The van der Waals surface area contributed by atoms with Gasteiger partial charge in [0.25, 0.3) is 15.9 Å². The first-order valence-electron chi connectivity index (χ1n) is 9.57. The SMILES string of the molecule is CN(c1ccccc1)S(=O)(=O)c1ccc(Cl)c(C(=O)N2CCCC2c2cccs2)c1. The molecule has 0 saturated carbocycles. The molecule has 1 fully saturated rings. The largest absolute Gasteiger partial charge is 0.331 e. The first kappa shape index (κ1) is 20.9. The molecule has 0 spiro atoms. The summed E-state index contributed by atoms with van der Waals surface area (Å²) in [6.07, 6.45) is 1.79. The van der Waals surface area contributed by atoms with E-state index in [0.717, 1.165) is 17.7 Å². The monoisotopic (exact) mass is 460 g/mol. The summed E-state index contributed by atoms with van der Waals surface area (Å²) in [5.74, 6) is -0.240. The molecule has 0 bridgehead atoms. The molecule has 3 aromatic rings. The van der Waals surface area contributed by atoms with Gasteiger partial charge in [-0.05, 0) is 54.6 Å². The van der Waals surface area contributed by atoms with Crippen molar-refractivity contribution >= 4 is 44.6 Å². The van der Waals surface area contributed by atoms with Crippen LogP contribution in [0.2, 0.25) is 5.02 Å². The molecule has 0 N–H and O–H groups in total. The van der Waals surface area contributed by atoms with E-state index in [1.165, 1.54) is 29.6 Å². The van der Waals surface area contributed by atoms with Crippen molar-refractivity contribution in [3.05, 3.63) is 81.5 Å². The smallest absolute Gasteiger partial charge is 0.264 e. The summed E-state index contributed by atoms with van der Waals surface area (Å²) in [5.41, 5.74) is 0.750. The van der Waals surface area contributed by atoms with Gasteiger partial charge >= 0.3 is 0 Å². The minimum absolute atomic E-state index is 0.000761. The highest BCUT2D eigenvalue weighted by Gasteiger charge is 2.33. The zero-order chi connectivity index (χ0) is 21.3. The van der Waals surface area contributed by atoms with Gasteiger partial charge in [-0.2, -0.15) is 0 Å². The quantitative estimate of drug-likeness (QED) is 0.525. The average molecular weight is 461 g/mol. The zero-order valence-electron chi connectivity index (χ0n) is 16.4. The molecule has 1 atom stereocenters. The first-order valence-corrected chi connectivity index (χ1v) is 12.3. The van der Waals surface area contributed by atoms with Gasteiger partial charge in [0.15, 0.2) is 0 Å². The Morgan fingerprint density at radius 3 is 2.60 bits per heavy atom. The number of rotatable bonds is 5. The second kappa shape index (κ2) is 8.41. The van der Waals surface area contributed by atoms with Crippen LogP contribution in [0.4, 0.5) is 5.69 Å². The summed E-state index contributed by atoms with van der Waals surface area (Å²) in [6.45, 7) is 0.624. The average Bonchev–Trinajstić information content (AvgIpc) is 3.45. The number of hydrogen-bond acceptors (Lipinski definition) is 4. The Morgan fingerprint density at radius 1 is 1.13 bits per heavy atom. The fourth-order valence-corrected chi connectivity index (χ4v) is 6.00. The zero-order valence-corrected chi connectivity index (χ0v) is 18.8. The predicted molar refractivity (Wildman–Crippen MR) is 121 cm³/mol. The maximum absolute atomic E-state index is 13.3. The molecular formula is C22H21ClN2O3S2. The third-order valence-corrected chi connectivity index (χ3v) is 8.42. The molecule has 5 nitrogen and oxygen atoms in total. The Hall–Kier alpha value is -2.35. The molecule has 0 radical (unpaired) electrons. The molecule has 30 heavy (non-hydrogen) atoms. The minimum Gasteiger partial charge on any atom is -0.331 e. The van der Waals surface area contributed by atoms with Crippen molar-refractivity contribution in [2.45, 2.75) is 23.8 Å². The highest BCUT2D eigenvalue weighted by molar-refractivity contribution is 7.92. The van der Waals surface area contributed by atoms with Crippen LogP contribution >= 0.6 is 22.9 Å². The summed E-state index contributed by atoms with van der Waals surface area (Å²) < 4.78 is 27.5. The number of amides is 1. The van der Waals surface area contributed by atoms with Crippen LogP contribution in [-0.2, 0) is 10.0 Å². The number of benzene rings is 2. The van der Waals surface area contributed by atoms with Crippen LogP contribution in [0.3, 0.4) is 0 Å². The molecule has 1 unspecified atom stereocenters. The maximum Gasteiger partial charge on any atom is 0.264 e. The van der Waals surface area contributed by atoms with E-state index < -0.39 is 10.0 Å². The molecule has 1 aromatic heterocycles. The number of halogens is 1. The summed E-state index contributed by atoms with van der Waals surface area (Å²) in [7, 11) is -2.34. The third kappa shape index (κ3) is 3.85. The van der Waals surface area contributed by atoms with Crippen molar-refractivity contribution < 1.29 is 13.2 Å². The number of carbonyl (C=O) groups is 1. The lowest BCUT2D eigenvalue weighted by Gasteiger charge is -2.25. The van der Waals surface area contributed by atoms with Gasteiger partial charge in [0.05, 0.1) is 27.2 Å². The summed E-state index contributed by atoms with van der Waals surface area (Å²) in [6, 6.07) is 17.1. The molecule has 156 valence electrons. The van der Waals surface area contributed by atoms with Crippen LogP contribution in [-0.4, -0.2) is 32.8 Å². The van der Waals surface area contributed by atoms with Crippen LogP contribution in [0, 0.1) is 0 Å². The molecular weight excluding hydrogens is 440 g/mol. The summed E-state index contributed by atoms with van der Waals surface area (Å²) in [4.78, 5) is 16.3. The lowest BCUT2D eigenvalue weighted by Crippen LogP contribution is -2.31. The van der Waals surface area contributed by atoms with Crippen LogP contribution < -0.4 is 4.31 Å². The van der Waals surface area contributed by atoms with Gasteiger partial charge in [-0.25, -0.2) is 8.42 Å². The van der Waals surface area contributed by atoms with Crippen molar-refractivity contribution in [2.75, 3.05) is 17.9 Å². The van der Waals surface area contributed by atoms with Gasteiger partial charge in [0.2, 0.25) is 0 Å². The summed E-state index contributed by atoms with van der Waals surface area (Å²) >= 11 is 7.96. The van der Waals surface area contributed by atoms with E-state index in [0.29, 0.717) is 12.2 Å². The number of thiophene rings is 1. The number of anilines is 1. The van der Waals surface area contributed by atoms with E-state index in [2.05, 4.69) is 0 Å². The van der Waals surface area contributed by atoms with E-state index in [4.69, 9.17) is 11.6 Å². The lowest BCUT2D eigenvalue weighted by atomic mass is 10.1. The number of sulfonamides is 1. The van der Waals surface area contributed by atoms with E-state index >= 15 is 0 Å². The van der Waals surface area contributed by atoms with Crippen molar-refractivity contribution in [1.82, 2.24) is 4.90 Å². The molecule has 0 aliphatic carbocycles. The second-order valence-corrected chi connectivity index (χ2v) is 10.5. The molecule has 1 saturated heterocycles. The highest BCUT2D eigenvalue weighted by Crippen LogP contribution is 2.36. The second-order valence-electron chi connectivity index (χ2n) is 7.12. The van der Waals surface area contributed by atoms with E-state index in [1.807, 2.05) is 23.6 Å². The molecule has 2 heterocycles. The Bertz CT molecular complexity index is 1150. The van der Waals surface area contributed by atoms with Crippen molar-refractivity contribution in [3.8, 4) is 0 Å². The van der Waals surface area contributed by atoms with Crippen molar-refractivity contribution in [1.29, 1.82) is 0 Å². The number of hydrogen-bond donors (Lipinski definition) is 0. The Labute approximate surface area is 185 Å². The van der Waals surface area contributed by atoms with E-state index in [9.17, 15) is 13.2 Å². The third-order valence-electron chi connectivity index (χ3n) is 5.33. The van der Waals surface area contributed by atoms with Crippen LogP contribution in [0.15, 0.2) is 70.9 Å². The van der Waals surface area contributed by atoms with Gasteiger partial charge in [-0.1, -0.05) is 35.9 Å². The first-order chi connectivity index (χ1) is 14.4. The number of nitrogens with zero attached hydrogens (tertiary/aromatic N) is 2. The van der Waals surface area contributed by atoms with Gasteiger partial charge in [-0.3, -0.25) is 9.10 Å². The molecule has 2 aromatic carbocycles. The summed E-state index contributed by atoms with van der Waals surface area (Å²) in [5, 5.41) is 2.24. The molecule has 4 rings (SSSR count). The fraction of sp³-hybridized carbons (Fsp3) is 0.227. The standard InChI is InChI=1S/C22H21ClN2O3S2/c1-24(16-7-3-2-4-8-16)30(27,28)17-11-12-19(23)18(15-17)22(26)25-13-5-9-20(25)21-10-6-14-29-21/h2-4,6-8,10-12,14-15,20H,5,9,13H2,1H3. The Morgan fingerprint density at radius 2 is 1.90 bits per heavy atom. The molecule has 1 amide bonds. The number of likely N-dealkylation sites (tertiary alicyclic amines) is 1. The Kier molecular flexibility index (Phi) is 5.86. The van der Waals surface area contributed by atoms with Crippen molar-refractivity contribution in [3.63, 3.8) is 0 Å². The van der Waals surface area contributed by atoms with Crippen LogP contribution in [0.5, 0.6) is 0 Å². The van der Waals surface area contributed by atoms with Gasteiger partial charge in [-0.15, -0.1) is 11.3 Å². The number of para-hydroxylation sites is 1. The van der Waals surface area contributed by atoms with Gasteiger partial charge < -0.3 is 4.90 Å². The number of carbonyl (C=O) groups excluding carboxylic acids is 1.